The number of alkyl halides is 3. The van der Waals surface area contributed by atoms with Gasteiger partial charge in [0.15, 0.2) is 0 Å². The van der Waals surface area contributed by atoms with Crippen molar-refractivity contribution < 1.29 is 17.9 Å². The Balaban J connectivity index is 2.30. The van der Waals surface area contributed by atoms with Crippen LogP contribution < -0.4 is 0 Å². The van der Waals surface area contributed by atoms with Gasteiger partial charge in [-0.1, -0.05) is 6.58 Å². The van der Waals surface area contributed by atoms with E-state index in [1.54, 1.807) is 6.92 Å². The number of likely N-dealkylation sites (tertiary alicyclic amines) is 1. The fraction of sp³-hybridized carbons (Fsp3) is 0.538. The summed E-state index contributed by atoms with van der Waals surface area (Å²) in [6.07, 6.45) is -3.51. The lowest BCUT2D eigenvalue weighted by Crippen LogP contribution is -2.36. The van der Waals surface area contributed by atoms with Gasteiger partial charge in [-0.3, -0.25) is 4.90 Å². The third-order valence-electron chi connectivity index (χ3n) is 2.97. The molecule has 4 nitrogen and oxygen atoms in total. The monoisotopic (exact) mass is 287 g/mol. The minimum Gasteiger partial charge on any atom is -0.492 e. The molecule has 0 aromatic carbocycles. The van der Waals surface area contributed by atoms with E-state index in [-0.39, 0.29) is 11.5 Å². The van der Waals surface area contributed by atoms with Crippen molar-refractivity contribution in [2.24, 2.45) is 0 Å². The first-order chi connectivity index (χ1) is 9.40. The first kappa shape index (κ1) is 14.8. The standard InChI is InChI=1S/C13H16F3N3O/c1-3-20-9(2)11-7-10(8-19-5-4-6-19)17-12(18-11)13(14,15)16/h7H,2-6,8H2,1H3. The van der Waals surface area contributed by atoms with Crippen LogP contribution in [0.15, 0.2) is 12.6 Å². The summed E-state index contributed by atoms with van der Waals surface area (Å²) in [6.45, 7) is 7.81. The second-order valence-electron chi connectivity index (χ2n) is 4.55. The molecule has 1 saturated heterocycles. The second kappa shape index (κ2) is 5.78. The van der Waals surface area contributed by atoms with Crippen LogP contribution in [0.1, 0.15) is 30.6 Å². The van der Waals surface area contributed by atoms with Gasteiger partial charge >= 0.3 is 6.18 Å². The molecule has 1 aromatic rings. The van der Waals surface area contributed by atoms with Crippen molar-refractivity contribution in [2.75, 3.05) is 19.7 Å². The molecule has 2 heterocycles. The molecule has 0 amide bonds. The number of halogens is 3. The number of hydrogen-bond acceptors (Lipinski definition) is 4. The zero-order valence-corrected chi connectivity index (χ0v) is 11.2. The van der Waals surface area contributed by atoms with Gasteiger partial charge in [0.05, 0.1) is 12.3 Å². The van der Waals surface area contributed by atoms with Crippen molar-refractivity contribution >= 4 is 5.76 Å². The predicted octanol–water partition coefficient (Wildman–Crippen LogP) is 2.71. The van der Waals surface area contributed by atoms with Crippen molar-refractivity contribution in [2.45, 2.75) is 26.1 Å². The molecule has 2 rings (SSSR count). The number of hydrogen-bond donors (Lipinski definition) is 0. The van der Waals surface area contributed by atoms with Gasteiger partial charge in [-0.2, -0.15) is 13.2 Å². The van der Waals surface area contributed by atoms with Gasteiger partial charge in [0.25, 0.3) is 0 Å². The number of aromatic nitrogens is 2. The lowest BCUT2D eigenvalue weighted by atomic mass is 10.2. The molecule has 0 N–H and O–H groups in total. The highest BCUT2D eigenvalue weighted by atomic mass is 19.4. The molecule has 0 atom stereocenters. The van der Waals surface area contributed by atoms with E-state index in [4.69, 9.17) is 4.74 Å². The minimum atomic E-state index is -4.58. The third kappa shape index (κ3) is 3.47. The summed E-state index contributed by atoms with van der Waals surface area (Å²) in [6, 6.07) is 1.51. The molecule has 110 valence electrons. The van der Waals surface area contributed by atoms with Gasteiger partial charge in [-0.25, -0.2) is 9.97 Å². The molecule has 0 saturated carbocycles. The van der Waals surface area contributed by atoms with Crippen LogP contribution >= 0.6 is 0 Å². The Morgan fingerprint density at radius 1 is 1.40 bits per heavy atom. The molecular formula is C13H16F3N3O. The van der Waals surface area contributed by atoms with Gasteiger partial charge < -0.3 is 4.74 Å². The Labute approximate surface area is 115 Å². The van der Waals surface area contributed by atoms with E-state index in [2.05, 4.69) is 16.5 Å². The first-order valence-corrected chi connectivity index (χ1v) is 6.39. The average molecular weight is 287 g/mol. The van der Waals surface area contributed by atoms with E-state index in [9.17, 15) is 13.2 Å². The van der Waals surface area contributed by atoms with Crippen molar-refractivity contribution in [3.05, 3.63) is 29.9 Å². The molecular weight excluding hydrogens is 271 g/mol. The summed E-state index contributed by atoms with van der Waals surface area (Å²) < 4.78 is 43.6. The molecule has 1 aliphatic rings. The summed E-state index contributed by atoms with van der Waals surface area (Å²) in [7, 11) is 0. The SMILES string of the molecule is C=C(OCC)c1cc(CN2CCC2)nc(C(F)(F)F)n1. The van der Waals surface area contributed by atoms with Crippen LogP contribution in [-0.4, -0.2) is 34.6 Å². The molecule has 1 aromatic heterocycles. The van der Waals surface area contributed by atoms with Gasteiger partial charge in [0.2, 0.25) is 5.82 Å². The minimum absolute atomic E-state index is 0.0877. The molecule has 1 aliphatic heterocycles. The van der Waals surface area contributed by atoms with Gasteiger partial charge in [0.1, 0.15) is 11.5 Å². The summed E-state index contributed by atoms with van der Waals surface area (Å²) in [4.78, 5) is 9.11. The van der Waals surface area contributed by atoms with E-state index in [0.717, 1.165) is 19.5 Å². The predicted molar refractivity (Wildman–Crippen MR) is 67.6 cm³/mol. The van der Waals surface area contributed by atoms with Crippen LogP contribution in [0, 0.1) is 0 Å². The van der Waals surface area contributed by atoms with Crippen molar-refractivity contribution in [1.82, 2.24) is 14.9 Å². The molecule has 1 fully saturated rings. The summed E-state index contributed by atoms with van der Waals surface area (Å²) in [5, 5.41) is 0. The Morgan fingerprint density at radius 2 is 2.10 bits per heavy atom. The van der Waals surface area contributed by atoms with E-state index in [0.29, 0.717) is 18.8 Å². The highest BCUT2D eigenvalue weighted by molar-refractivity contribution is 5.53. The van der Waals surface area contributed by atoms with Gasteiger partial charge in [0, 0.05) is 6.54 Å². The van der Waals surface area contributed by atoms with Crippen LogP contribution in [0.5, 0.6) is 0 Å². The molecule has 0 bridgehead atoms. The topological polar surface area (TPSA) is 38.2 Å². The van der Waals surface area contributed by atoms with Gasteiger partial charge in [-0.15, -0.1) is 0 Å². The fourth-order valence-corrected chi connectivity index (χ4v) is 1.87. The van der Waals surface area contributed by atoms with E-state index < -0.39 is 12.0 Å². The van der Waals surface area contributed by atoms with Crippen molar-refractivity contribution in [1.29, 1.82) is 0 Å². The number of ether oxygens (including phenoxy) is 1. The van der Waals surface area contributed by atoms with Crippen LogP contribution in [0.4, 0.5) is 13.2 Å². The lowest BCUT2D eigenvalue weighted by Gasteiger charge is -2.30. The number of rotatable bonds is 5. The van der Waals surface area contributed by atoms with E-state index in [1.807, 2.05) is 4.90 Å². The molecule has 0 unspecified atom stereocenters. The third-order valence-corrected chi connectivity index (χ3v) is 2.97. The van der Waals surface area contributed by atoms with Crippen LogP contribution in [0.2, 0.25) is 0 Å². The van der Waals surface area contributed by atoms with E-state index in [1.165, 1.54) is 6.07 Å². The van der Waals surface area contributed by atoms with Gasteiger partial charge in [-0.05, 0) is 32.5 Å². The molecule has 0 aliphatic carbocycles. The maximum absolute atomic E-state index is 12.8. The number of nitrogens with zero attached hydrogens (tertiary/aromatic N) is 3. The second-order valence-corrected chi connectivity index (χ2v) is 4.55. The molecule has 0 radical (unpaired) electrons. The van der Waals surface area contributed by atoms with Crippen molar-refractivity contribution in [3.8, 4) is 0 Å². The Kier molecular flexibility index (Phi) is 4.27. The Bertz CT molecular complexity index is 498. The Morgan fingerprint density at radius 3 is 2.60 bits per heavy atom. The summed E-state index contributed by atoms with van der Waals surface area (Å²) >= 11 is 0. The van der Waals surface area contributed by atoms with Crippen LogP contribution in [-0.2, 0) is 17.5 Å². The largest absolute Gasteiger partial charge is 0.492 e. The zero-order chi connectivity index (χ0) is 14.8. The van der Waals surface area contributed by atoms with Crippen LogP contribution in [0.3, 0.4) is 0 Å². The molecule has 20 heavy (non-hydrogen) atoms. The fourth-order valence-electron chi connectivity index (χ4n) is 1.87. The smallest absolute Gasteiger partial charge is 0.451 e. The molecule has 0 spiro atoms. The normalized spacial score (nSPS) is 15.8. The lowest BCUT2D eigenvalue weighted by molar-refractivity contribution is -0.145. The zero-order valence-electron chi connectivity index (χ0n) is 11.2. The highest BCUT2D eigenvalue weighted by Crippen LogP contribution is 2.28. The molecule has 7 heteroatoms. The maximum atomic E-state index is 12.8. The van der Waals surface area contributed by atoms with E-state index >= 15 is 0 Å². The van der Waals surface area contributed by atoms with Crippen molar-refractivity contribution in [3.63, 3.8) is 0 Å². The first-order valence-electron chi connectivity index (χ1n) is 6.39. The van der Waals surface area contributed by atoms with Crippen LogP contribution in [0.25, 0.3) is 5.76 Å². The maximum Gasteiger partial charge on any atom is 0.451 e. The summed E-state index contributed by atoms with van der Waals surface area (Å²) in [5.41, 5.74) is 0.424. The quantitative estimate of drug-likeness (QED) is 0.780. The summed E-state index contributed by atoms with van der Waals surface area (Å²) in [5.74, 6) is -1.02. The average Bonchev–Trinajstić information content (AvgIpc) is 2.33. The Hall–Kier alpha value is -1.63. The highest BCUT2D eigenvalue weighted by Gasteiger charge is 2.35.